The van der Waals surface area contributed by atoms with Gasteiger partial charge >= 0.3 is 0 Å². The van der Waals surface area contributed by atoms with Crippen LogP contribution < -0.4 is 10.6 Å². The molecule has 138 valence electrons. The molecule has 0 spiro atoms. The van der Waals surface area contributed by atoms with Crippen LogP contribution in [0.1, 0.15) is 15.9 Å². The Morgan fingerprint density at radius 2 is 2.00 bits per heavy atom. The van der Waals surface area contributed by atoms with Gasteiger partial charge in [0, 0.05) is 49.3 Å². The number of hydrogen-bond donors (Lipinski definition) is 2. The van der Waals surface area contributed by atoms with Crippen LogP contribution in [0.3, 0.4) is 0 Å². The smallest absolute Gasteiger partial charge is 0.258 e. The third kappa shape index (κ3) is 5.14. The van der Waals surface area contributed by atoms with E-state index in [9.17, 15) is 4.79 Å². The Morgan fingerprint density at radius 3 is 2.69 bits per heavy atom. The van der Waals surface area contributed by atoms with Crippen molar-refractivity contribution >= 4 is 29.1 Å². The van der Waals surface area contributed by atoms with Gasteiger partial charge in [-0.3, -0.25) is 9.69 Å². The van der Waals surface area contributed by atoms with Crippen molar-refractivity contribution in [3.05, 3.63) is 46.7 Å². The predicted octanol–water partition coefficient (Wildman–Crippen LogP) is 2.43. The molecule has 2 aromatic rings. The Kier molecular flexibility index (Phi) is 6.38. The van der Waals surface area contributed by atoms with E-state index in [-0.39, 0.29) is 5.91 Å². The number of aryl methyl sites for hydroxylation is 1. The molecule has 0 atom stereocenters. The quantitative estimate of drug-likeness (QED) is 0.807. The molecule has 0 aliphatic carbocycles. The zero-order valence-electron chi connectivity index (χ0n) is 14.7. The van der Waals surface area contributed by atoms with Crippen molar-refractivity contribution in [2.75, 3.05) is 50.0 Å². The van der Waals surface area contributed by atoms with Gasteiger partial charge in [-0.1, -0.05) is 17.7 Å². The molecular weight excluding hydrogens is 354 g/mol. The highest BCUT2D eigenvalue weighted by atomic mass is 35.5. The van der Waals surface area contributed by atoms with E-state index in [1.807, 2.05) is 19.1 Å². The van der Waals surface area contributed by atoms with Crippen LogP contribution in [0.25, 0.3) is 0 Å². The van der Waals surface area contributed by atoms with Crippen molar-refractivity contribution in [2.45, 2.75) is 6.92 Å². The minimum atomic E-state index is -0.273. The summed E-state index contributed by atoms with van der Waals surface area (Å²) >= 11 is 6.07. The van der Waals surface area contributed by atoms with Crippen molar-refractivity contribution < 1.29 is 9.53 Å². The highest BCUT2D eigenvalue weighted by Crippen LogP contribution is 2.20. The Balaban J connectivity index is 1.49. The lowest BCUT2D eigenvalue weighted by atomic mass is 10.2. The van der Waals surface area contributed by atoms with Gasteiger partial charge < -0.3 is 15.4 Å². The van der Waals surface area contributed by atoms with Crippen LogP contribution in [-0.4, -0.2) is 60.2 Å². The number of nitrogens with zero attached hydrogens (tertiary/aromatic N) is 3. The number of morpholine rings is 1. The van der Waals surface area contributed by atoms with Crippen molar-refractivity contribution in [3.63, 3.8) is 0 Å². The summed E-state index contributed by atoms with van der Waals surface area (Å²) in [4.78, 5) is 23.0. The van der Waals surface area contributed by atoms with Gasteiger partial charge in [0.15, 0.2) is 0 Å². The molecule has 1 amide bonds. The fraction of sp³-hybridized carbons (Fsp3) is 0.389. The summed E-state index contributed by atoms with van der Waals surface area (Å²) in [6.45, 7) is 7.03. The summed E-state index contributed by atoms with van der Waals surface area (Å²) < 4.78 is 5.32. The van der Waals surface area contributed by atoms with Crippen molar-refractivity contribution in [2.24, 2.45) is 0 Å². The zero-order chi connectivity index (χ0) is 18.4. The summed E-state index contributed by atoms with van der Waals surface area (Å²) in [7, 11) is 0. The number of amides is 1. The molecule has 7 nitrogen and oxygen atoms in total. The van der Waals surface area contributed by atoms with Crippen LogP contribution in [0.5, 0.6) is 0 Å². The van der Waals surface area contributed by atoms with Gasteiger partial charge in [-0.25, -0.2) is 9.97 Å². The highest BCUT2D eigenvalue weighted by Gasteiger charge is 2.11. The molecule has 2 heterocycles. The number of hydrogen-bond acceptors (Lipinski definition) is 6. The van der Waals surface area contributed by atoms with E-state index >= 15 is 0 Å². The van der Waals surface area contributed by atoms with Crippen LogP contribution in [0.4, 0.5) is 11.6 Å². The Hall–Kier alpha value is -2.22. The van der Waals surface area contributed by atoms with E-state index in [0.29, 0.717) is 22.2 Å². The molecule has 0 bridgehead atoms. The first-order valence-electron chi connectivity index (χ1n) is 8.55. The van der Waals surface area contributed by atoms with Crippen LogP contribution in [0.2, 0.25) is 5.02 Å². The second-order valence-corrected chi connectivity index (χ2v) is 6.50. The fourth-order valence-corrected chi connectivity index (χ4v) is 2.74. The summed E-state index contributed by atoms with van der Waals surface area (Å²) in [5, 5.41) is 6.57. The maximum Gasteiger partial charge on any atom is 0.258 e. The van der Waals surface area contributed by atoms with Gasteiger partial charge in [-0.2, -0.15) is 0 Å². The monoisotopic (exact) mass is 375 g/mol. The number of anilines is 2. The van der Waals surface area contributed by atoms with Gasteiger partial charge in [-0.15, -0.1) is 0 Å². The molecule has 1 aromatic carbocycles. The van der Waals surface area contributed by atoms with Crippen molar-refractivity contribution in [3.8, 4) is 0 Å². The lowest BCUT2D eigenvalue weighted by Crippen LogP contribution is -2.39. The van der Waals surface area contributed by atoms with Crippen LogP contribution in [-0.2, 0) is 4.74 Å². The van der Waals surface area contributed by atoms with Crippen LogP contribution in [0.15, 0.2) is 30.6 Å². The summed E-state index contributed by atoms with van der Waals surface area (Å²) in [6, 6.07) is 5.38. The van der Waals surface area contributed by atoms with E-state index in [2.05, 4.69) is 25.5 Å². The average molecular weight is 376 g/mol. The molecule has 1 saturated heterocycles. The van der Waals surface area contributed by atoms with Gasteiger partial charge in [0.1, 0.15) is 0 Å². The number of nitrogens with one attached hydrogen (secondary N) is 2. The normalized spacial score (nSPS) is 14.8. The van der Waals surface area contributed by atoms with Crippen molar-refractivity contribution in [1.29, 1.82) is 0 Å². The third-order valence-electron chi connectivity index (χ3n) is 4.16. The molecule has 8 heteroatoms. The summed E-state index contributed by atoms with van der Waals surface area (Å²) in [5.74, 6) is 0.234. The molecule has 26 heavy (non-hydrogen) atoms. The van der Waals surface area contributed by atoms with Gasteiger partial charge in [-0.05, 0) is 24.6 Å². The molecule has 1 fully saturated rings. The molecular formula is C18H22ClN5O2. The maximum atomic E-state index is 12.3. The fourth-order valence-electron chi connectivity index (χ4n) is 2.56. The van der Waals surface area contributed by atoms with Crippen LogP contribution >= 0.6 is 11.6 Å². The number of carbonyl (C=O) groups excluding carboxylic acids is 1. The van der Waals surface area contributed by atoms with Gasteiger partial charge in [0.25, 0.3) is 5.91 Å². The summed E-state index contributed by atoms with van der Waals surface area (Å²) in [5.41, 5.74) is 1.99. The lowest BCUT2D eigenvalue weighted by Gasteiger charge is -2.26. The minimum absolute atomic E-state index is 0.273. The number of benzene rings is 1. The number of carbonyl (C=O) groups is 1. The molecule has 1 aliphatic rings. The number of halogens is 1. The molecule has 3 rings (SSSR count). The Bertz CT molecular complexity index is 748. The summed E-state index contributed by atoms with van der Waals surface area (Å²) in [6.07, 6.45) is 3.02. The first kappa shape index (κ1) is 18.6. The molecule has 0 saturated carbocycles. The van der Waals surface area contributed by atoms with Gasteiger partial charge in [0.05, 0.1) is 18.8 Å². The second kappa shape index (κ2) is 8.93. The largest absolute Gasteiger partial charge is 0.379 e. The zero-order valence-corrected chi connectivity index (χ0v) is 15.4. The number of aromatic nitrogens is 2. The van der Waals surface area contributed by atoms with E-state index < -0.39 is 0 Å². The highest BCUT2D eigenvalue weighted by molar-refractivity contribution is 6.31. The average Bonchev–Trinajstić information content (AvgIpc) is 2.66. The Labute approximate surface area is 157 Å². The van der Waals surface area contributed by atoms with Crippen LogP contribution in [0, 0.1) is 6.92 Å². The lowest BCUT2D eigenvalue weighted by molar-refractivity contribution is 0.0398. The third-order valence-corrected chi connectivity index (χ3v) is 4.57. The topological polar surface area (TPSA) is 79.4 Å². The molecule has 0 radical (unpaired) electrons. The van der Waals surface area contributed by atoms with E-state index in [1.165, 1.54) is 12.4 Å². The molecule has 2 N–H and O–H groups in total. The standard InChI is InChI=1S/C18H22ClN5O2/c1-13-2-3-15(10-16(13)19)23-17(25)14-11-21-18(22-12-14)20-4-5-24-6-8-26-9-7-24/h2-3,10-12H,4-9H2,1H3,(H,23,25)(H,20,21,22). The van der Waals surface area contributed by atoms with Crippen molar-refractivity contribution in [1.82, 2.24) is 14.9 Å². The first-order valence-corrected chi connectivity index (χ1v) is 8.93. The number of ether oxygens (including phenoxy) is 1. The second-order valence-electron chi connectivity index (χ2n) is 6.09. The molecule has 1 aromatic heterocycles. The van der Waals surface area contributed by atoms with Gasteiger partial charge in [0.2, 0.25) is 5.95 Å². The SMILES string of the molecule is Cc1ccc(NC(=O)c2cnc(NCCN3CCOCC3)nc2)cc1Cl. The first-order chi connectivity index (χ1) is 12.6. The molecule has 0 unspecified atom stereocenters. The van der Waals surface area contributed by atoms with E-state index in [0.717, 1.165) is 45.0 Å². The Morgan fingerprint density at radius 1 is 1.27 bits per heavy atom. The van der Waals surface area contributed by atoms with E-state index in [4.69, 9.17) is 16.3 Å². The predicted molar refractivity (Wildman–Crippen MR) is 102 cm³/mol. The molecule has 1 aliphatic heterocycles. The number of rotatable bonds is 6. The van der Waals surface area contributed by atoms with E-state index in [1.54, 1.807) is 6.07 Å². The minimum Gasteiger partial charge on any atom is -0.379 e. The maximum absolute atomic E-state index is 12.3.